The quantitative estimate of drug-likeness (QED) is 0.492. The summed E-state index contributed by atoms with van der Waals surface area (Å²) in [6, 6.07) is 10.8. The molecule has 0 unspecified atom stereocenters. The fraction of sp³-hybridized carbons (Fsp3) is 0.261. The molecule has 3 aromatic rings. The van der Waals surface area contributed by atoms with Crippen molar-refractivity contribution >= 4 is 28.7 Å². The highest BCUT2D eigenvalue weighted by molar-refractivity contribution is 7.12. The second kappa shape index (κ2) is 10.0. The zero-order valence-corrected chi connectivity index (χ0v) is 18.0. The van der Waals surface area contributed by atoms with Gasteiger partial charge in [-0.2, -0.15) is 0 Å². The van der Waals surface area contributed by atoms with Gasteiger partial charge in [-0.1, -0.05) is 0 Å². The normalized spacial score (nSPS) is 10.5. The Balaban J connectivity index is 1.59. The molecule has 1 N–H and O–H groups in total. The molecule has 0 saturated heterocycles. The van der Waals surface area contributed by atoms with Crippen LogP contribution in [-0.2, 0) is 11.4 Å². The van der Waals surface area contributed by atoms with Gasteiger partial charge < -0.3 is 14.8 Å². The molecule has 0 spiro atoms. The van der Waals surface area contributed by atoms with Gasteiger partial charge in [0.15, 0.2) is 17.3 Å². The summed E-state index contributed by atoms with van der Waals surface area (Å²) in [4.78, 5) is 30.8. The minimum absolute atomic E-state index is 0.0110. The fourth-order valence-corrected chi connectivity index (χ4v) is 3.94. The van der Waals surface area contributed by atoms with Gasteiger partial charge >= 0.3 is 0 Å². The predicted molar refractivity (Wildman–Crippen MR) is 118 cm³/mol. The number of aromatic nitrogens is 1. The molecule has 1 amide bonds. The molecule has 3 rings (SSSR count). The number of methoxy groups -OCH3 is 1. The number of amides is 1. The van der Waals surface area contributed by atoms with Crippen molar-refractivity contribution in [1.82, 2.24) is 4.98 Å². The Kier molecular flexibility index (Phi) is 7.19. The number of ketones is 1. The summed E-state index contributed by atoms with van der Waals surface area (Å²) in [6.07, 6.45) is 3.69. The Morgan fingerprint density at radius 3 is 2.47 bits per heavy atom. The number of anilines is 1. The van der Waals surface area contributed by atoms with E-state index in [4.69, 9.17) is 9.47 Å². The summed E-state index contributed by atoms with van der Waals surface area (Å²) in [5.41, 5.74) is 2.26. The van der Waals surface area contributed by atoms with Gasteiger partial charge in [0.05, 0.1) is 7.11 Å². The Bertz CT molecular complexity index is 1030. The number of rotatable bonds is 9. The molecule has 0 fully saturated rings. The van der Waals surface area contributed by atoms with E-state index in [2.05, 4.69) is 10.3 Å². The molecular formula is C23H24N2O4S. The van der Waals surface area contributed by atoms with E-state index in [0.717, 1.165) is 15.3 Å². The van der Waals surface area contributed by atoms with Crippen molar-refractivity contribution in [2.24, 2.45) is 0 Å². The molecule has 30 heavy (non-hydrogen) atoms. The lowest BCUT2D eigenvalue weighted by Gasteiger charge is -2.13. The largest absolute Gasteiger partial charge is 0.493 e. The smallest absolute Gasteiger partial charge is 0.224 e. The van der Waals surface area contributed by atoms with Crippen LogP contribution in [0.3, 0.4) is 0 Å². The van der Waals surface area contributed by atoms with Crippen molar-refractivity contribution in [1.29, 1.82) is 0 Å². The van der Waals surface area contributed by atoms with Gasteiger partial charge in [0.1, 0.15) is 6.61 Å². The van der Waals surface area contributed by atoms with E-state index in [0.29, 0.717) is 29.4 Å². The van der Waals surface area contributed by atoms with Gasteiger partial charge in [-0.3, -0.25) is 14.6 Å². The average molecular weight is 425 g/mol. The molecular weight excluding hydrogens is 400 g/mol. The summed E-state index contributed by atoms with van der Waals surface area (Å²) in [6.45, 7) is 4.25. The van der Waals surface area contributed by atoms with Crippen LogP contribution in [0.25, 0.3) is 0 Å². The summed E-state index contributed by atoms with van der Waals surface area (Å²) >= 11 is 1.59. The lowest BCUT2D eigenvalue weighted by molar-refractivity contribution is -0.116. The zero-order valence-electron chi connectivity index (χ0n) is 17.2. The van der Waals surface area contributed by atoms with E-state index in [1.165, 1.54) is 0 Å². The van der Waals surface area contributed by atoms with Crippen LogP contribution < -0.4 is 14.8 Å². The summed E-state index contributed by atoms with van der Waals surface area (Å²) in [5, 5.41) is 2.82. The van der Waals surface area contributed by atoms with Crippen LogP contribution in [0.4, 0.5) is 5.69 Å². The molecule has 6 nitrogen and oxygen atoms in total. The molecule has 0 bridgehead atoms. The number of carbonyl (C=O) groups excluding carboxylic acids is 2. The van der Waals surface area contributed by atoms with Crippen LogP contribution in [0.1, 0.15) is 38.5 Å². The lowest BCUT2D eigenvalue weighted by atomic mass is 10.1. The van der Waals surface area contributed by atoms with E-state index in [-0.39, 0.29) is 24.5 Å². The number of aryl methyl sites for hydroxylation is 2. The Hall–Kier alpha value is -3.19. The van der Waals surface area contributed by atoms with Crippen LogP contribution >= 0.6 is 11.3 Å². The second-order valence-electron chi connectivity index (χ2n) is 6.81. The van der Waals surface area contributed by atoms with Crippen LogP contribution in [0.15, 0.2) is 48.8 Å². The predicted octanol–water partition coefficient (Wildman–Crippen LogP) is 4.95. The second-order valence-corrected chi connectivity index (χ2v) is 8.27. The molecule has 0 saturated carbocycles. The van der Waals surface area contributed by atoms with Gasteiger partial charge in [-0.25, -0.2) is 0 Å². The third kappa shape index (κ3) is 5.67. The molecule has 7 heteroatoms. The highest BCUT2D eigenvalue weighted by atomic mass is 32.1. The summed E-state index contributed by atoms with van der Waals surface area (Å²) < 4.78 is 11.2. The minimum atomic E-state index is -0.224. The van der Waals surface area contributed by atoms with Gasteiger partial charge in [0.2, 0.25) is 5.91 Å². The SMILES string of the molecule is COc1ccc(NC(=O)CCC(=O)c2cc(C)sc2C)cc1OCc1ccncc1. The Morgan fingerprint density at radius 1 is 1.03 bits per heavy atom. The highest BCUT2D eigenvalue weighted by Crippen LogP contribution is 2.31. The topological polar surface area (TPSA) is 77.5 Å². The first-order chi connectivity index (χ1) is 14.5. The summed E-state index contributed by atoms with van der Waals surface area (Å²) in [5.74, 6) is 0.856. The van der Waals surface area contributed by atoms with Crippen LogP contribution in [-0.4, -0.2) is 23.8 Å². The van der Waals surface area contributed by atoms with E-state index < -0.39 is 0 Å². The van der Waals surface area contributed by atoms with Crippen LogP contribution in [0.5, 0.6) is 11.5 Å². The van der Waals surface area contributed by atoms with Gasteiger partial charge in [0.25, 0.3) is 0 Å². The van der Waals surface area contributed by atoms with Crippen LogP contribution in [0, 0.1) is 13.8 Å². The highest BCUT2D eigenvalue weighted by Gasteiger charge is 2.14. The number of benzene rings is 1. The number of ether oxygens (including phenoxy) is 2. The number of nitrogens with one attached hydrogen (secondary N) is 1. The first kappa shape index (κ1) is 21.5. The number of hydrogen-bond acceptors (Lipinski definition) is 6. The first-order valence-corrected chi connectivity index (χ1v) is 10.4. The monoisotopic (exact) mass is 424 g/mol. The number of thiophene rings is 1. The van der Waals surface area contributed by atoms with E-state index in [1.807, 2.05) is 32.0 Å². The van der Waals surface area contributed by atoms with E-state index in [1.54, 1.807) is 49.0 Å². The molecule has 0 aliphatic rings. The van der Waals surface area contributed by atoms with Crippen molar-refractivity contribution in [3.05, 3.63) is 69.7 Å². The van der Waals surface area contributed by atoms with Crippen LogP contribution in [0.2, 0.25) is 0 Å². The summed E-state index contributed by atoms with van der Waals surface area (Å²) in [7, 11) is 1.56. The molecule has 0 atom stereocenters. The fourth-order valence-electron chi connectivity index (χ4n) is 3.00. The maximum absolute atomic E-state index is 12.4. The molecule has 0 aliphatic carbocycles. The maximum Gasteiger partial charge on any atom is 0.224 e. The average Bonchev–Trinajstić information content (AvgIpc) is 3.09. The van der Waals surface area contributed by atoms with Crippen molar-refractivity contribution in [3.63, 3.8) is 0 Å². The first-order valence-electron chi connectivity index (χ1n) is 9.56. The number of Topliss-reactive ketones (excluding diaryl/α,β-unsaturated/α-hetero) is 1. The van der Waals surface area contributed by atoms with Crippen molar-refractivity contribution in [2.45, 2.75) is 33.3 Å². The number of carbonyl (C=O) groups is 2. The van der Waals surface area contributed by atoms with Crippen molar-refractivity contribution < 1.29 is 19.1 Å². The maximum atomic E-state index is 12.4. The Labute approximate surface area is 179 Å². The van der Waals surface area contributed by atoms with E-state index >= 15 is 0 Å². The third-order valence-electron chi connectivity index (χ3n) is 4.51. The third-order valence-corrected chi connectivity index (χ3v) is 5.48. The molecule has 1 aromatic carbocycles. The van der Waals surface area contributed by atoms with Gasteiger partial charge in [-0.15, -0.1) is 11.3 Å². The number of hydrogen-bond donors (Lipinski definition) is 1. The Morgan fingerprint density at radius 2 is 1.80 bits per heavy atom. The standard InChI is InChI=1S/C23H24N2O4S/c1-15-12-19(16(2)30-15)20(26)5-7-23(27)25-18-4-6-21(28-3)22(13-18)29-14-17-8-10-24-11-9-17/h4,6,8-13H,5,7,14H2,1-3H3,(H,25,27). The van der Waals surface area contributed by atoms with E-state index in [9.17, 15) is 9.59 Å². The van der Waals surface area contributed by atoms with Gasteiger partial charge in [-0.05, 0) is 49.7 Å². The van der Waals surface area contributed by atoms with Crippen molar-refractivity contribution in [2.75, 3.05) is 12.4 Å². The molecule has 0 aliphatic heterocycles. The van der Waals surface area contributed by atoms with Crippen molar-refractivity contribution in [3.8, 4) is 11.5 Å². The zero-order chi connectivity index (χ0) is 21.5. The minimum Gasteiger partial charge on any atom is -0.493 e. The molecule has 0 radical (unpaired) electrons. The molecule has 2 aromatic heterocycles. The molecule has 2 heterocycles. The number of nitrogens with zero attached hydrogens (tertiary/aromatic N) is 1. The molecule has 156 valence electrons. The van der Waals surface area contributed by atoms with Gasteiger partial charge in [0, 0.05) is 52.3 Å². The number of pyridine rings is 1. The lowest BCUT2D eigenvalue weighted by Crippen LogP contribution is -2.13.